The fraction of sp³-hybridized carbons (Fsp3) is 0.286. The molecule has 0 saturated carbocycles. The zero-order valence-corrected chi connectivity index (χ0v) is 12.1. The van der Waals surface area contributed by atoms with Gasteiger partial charge in [0, 0.05) is 0 Å². The molecule has 0 radical (unpaired) electrons. The Bertz CT molecular complexity index is 655. The smallest absolute Gasteiger partial charge is 0.326 e. The van der Waals surface area contributed by atoms with Gasteiger partial charge in [0.05, 0.1) is 6.21 Å². The van der Waals surface area contributed by atoms with Crippen molar-refractivity contribution in [3.05, 3.63) is 35.4 Å². The molecule has 116 valence electrons. The van der Waals surface area contributed by atoms with Crippen LogP contribution in [0.25, 0.3) is 0 Å². The van der Waals surface area contributed by atoms with Crippen molar-refractivity contribution in [2.75, 3.05) is 0 Å². The van der Waals surface area contributed by atoms with Crippen molar-refractivity contribution in [2.24, 2.45) is 10.9 Å². The first-order chi connectivity index (χ1) is 10.3. The van der Waals surface area contributed by atoms with Gasteiger partial charge in [0.15, 0.2) is 0 Å². The van der Waals surface area contributed by atoms with Crippen molar-refractivity contribution in [1.82, 2.24) is 10.2 Å². The number of urea groups is 1. The molecule has 1 aliphatic rings. The highest BCUT2D eigenvalue weighted by atomic mass is 16.4. The lowest BCUT2D eigenvalue weighted by molar-refractivity contribution is -0.147. The van der Waals surface area contributed by atoms with Gasteiger partial charge in [-0.3, -0.25) is 4.79 Å². The Morgan fingerprint density at radius 2 is 2.00 bits per heavy atom. The number of nitrogens with one attached hydrogen (secondary N) is 1. The molecule has 1 aromatic carbocycles. The minimum absolute atomic E-state index is 0.542. The summed E-state index contributed by atoms with van der Waals surface area (Å²) in [5.41, 5.74) is -0.0263. The summed E-state index contributed by atoms with van der Waals surface area (Å²) in [5, 5.41) is 15.0. The number of hydrogen-bond donors (Lipinski definition) is 3. The molecule has 3 amide bonds. The molecule has 8 nitrogen and oxygen atoms in total. The molecular formula is C14H16N4O4. The second-order valence-electron chi connectivity index (χ2n) is 5.14. The average Bonchev–Trinajstić information content (AvgIpc) is 2.70. The Balaban J connectivity index is 2.36. The van der Waals surface area contributed by atoms with Gasteiger partial charge in [-0.05, 0) is 25.0 Å². The molecule has 4 N–H and O–H groups in total. The zero-order chi connectivity index (χ0) is 16.5. The lowest BCUT2D eigenvalue weighted by atomic mass is 9.91. The molecule has 22 heavy (non-hydrogen) atoms. The summed E-state index contributed by atoms with van der Waals surface area (Å²) in [6, 6.07) is 4.74. The molecule has 0 aromatic heterocycles. The molecule has 1 fully saturated rings. The summed E-state index contributed by atoms with van der Waals surface area (Å²) >= 11 is 0. The van der Waals surface area contributed by atoms with Crippen molar-refractivity contribution in [3.63, 3.8) is 0 Å². The van der Waals surface area contributed by atoms with E-state index in [1.54, 1.807) is 24.3 Å². The minimum atomic E-state index is -1.31. The molecule has 1 saturated heterocycles. The summed E-state index contributed by atoms with van der Waals surface area (Å²) in [7, 11) is 0. The van der Waals surface area contributed by atoms with Crippen LogP contribution in [-0.2, 0) is 15.1 Å². The number of hydrogen-bond acceptors (Lipinski definition) is 5. The van der Waals surface area contributed by atoms with Crippen molar-refractivity contribution in [2.45, 2.75) is 25.4 Å². The van der Waals surface area contributed by atoms with Crippen molar-refractivity contribution in [1.29, 1.82) is 0 Å². The second kappa shape index (κ2) is 5.47. The normalized spacial score (nSPS) is 22.9. The number of carbonyl (C=O) groups excluding carboxylic acids is 2. The number of benzene rings is 1. The number of aliphatic carboxylic acids is 1. The third-order valence-electron chi connectivity index (χ3n) is 3.68. The zero-order valence-electron chi connectivity index (χ0n) is 12.1. The standard InChI is InChI=1S/C14H16N4O4/c1-8(11(19)20)18-12(21)14(2,17-13(18)22)10-5-3-9(4-6-10)7-16-15/h3-8H,15H2,1-2H3,(H,17,22)(H,19,20)/t8-,14+/m0/s1. The first-order valence-electron chi connectivity index (χ1n) is 6.53. The number of nitrogens with two attached hydrogens (primary N) is 1. The van der Waals surface area contributed by atoms with Crippen LogP contribution in [0.1, 0.15) is 25.0 Å². The fourth-order valence-electron chi connectivity index (χ4n) is 2.31. The number of carbonyl (C=O) groups is 3. The van der Waals surface area contributed by atoms with E-state index in [9.17, 15) is 14.4 Å². The molecule has 2 rings (SSSR count). The topological polar surface area (TPSA) is 125 Å². The van der Waals surface area contributed by atoms with E-state index in [2.05, 4.69) is 10.4 Å². The first-order valence-corrected chi connectivity index (χ1v) is 6.53. The summed E-state index contributed by atoms with van der Waals surface area (Å²) in [4.78, 5) is 36.3. The minimum Gasteiger partial charge on any atom is -0.480 e. The fourth-order valence-corrected chi connectivity index (χ4v) is 2.31. The Hall–Kier alpha value is -2.90. The maximum absolute atomic E-state index is 12.5. The van der Waals surface area contributed by atoms with Crippen LogP contribution in [0.4, 0.5) is 4.79 Å². The Labute approximate surface area is 126 Å². The van der Waals surface area contributed by atoms with Gasteiger partial charge >= 0.3 is 12.0 Å². The van der Waals surface area contributed by atoms with E-state index in [4.69, 9.17) is 10.9 Å². The van der Waals surface area contributed by atoms with E-state index in [0.717, 1.165) is 10.5 Å². The monoisotopic (exact) mass is 304 g/mol. The van der Waals surface area contributed by atoms with Crippen LogP contribution in [0, 0.1) is 0 Å². The number of carboxylic acid groups (broad SMARTS) is 1. The number of imide groups is 1. The molecule has 0 bridgehead atoms. The van der Waals surface area contributed by atoms with Gasteiger partial charge < -0.3 is 16.3 Å². The highest BCUT2D eigenvalue weighted by Gasteiger charge is 2.51. The molecule has 1 heterocycles. The SMILES string of the molecule is C[C@@H](C(=O)O)N1C(=O)N[C@](C)(c2ccc(C=NN)cc2)C1=O. The molecule has 0 aliphatic carbocycles. The number of amides is 3. The van der Waals surface area contributed by atoms with E-state index in [-0.39, 0.29) is 0 Å². The largest absolute Gasteiger partial charge is 0.480 e. The molecule has 8 heteroatoms. The van der Waals surface area contributed by atoms with E-state index in [0.29, 0.717) is 5.56 Å². The first kappa shape index (κ1) is 15.5. The summed E-state index contributed by atoms with van der Waals surface area (Å²) in [5.74, 6) is 3.21. The number of nitrogens with zero attached hydrogens (tertiary/aromatic N) is 2. The quantitative estimate of drug-likeness (QED) is 0.317. The van der Waals surface area contributed by atoms with Gasteiger partial charge in [-0.15, -0.1) is 0 Å². The average molecular weight is 304 g/mol. The second-order valence-corrected chi connectivity index (χ2v) is 5.14. The van der Waals surface area contributed by atoms with E-state index >= 15 is 0 Å². The maximum atomic E-state index is 12.5. The lowest BCUT2D eigenvalue weighted by Crippen LogP contribution is -2.45. The Morgan fingerprint density at radius 3 is 2.50 bits per heavy atom. The number of hydrazone groups is 1. The van der Waals surface area contributed by atoms with Gasteiger partial charge in [-0.1, -0.05) is 24.3 Å². The van der Waals surface area contributed by atoms with Crippen molar-refractivity contribution >= 4 is 24.1 Å². The summed E-state index contributed by atoms with van der Waals surface area (Å²) in [6.45, 7) is 2.82. The van der Waals surface area contributed by atoms with Crippen LogP contribution < -0.4 is 11.2 Å². The maximum Gasteiger partial charge on any atom is 0.326 e. The Kier molecular flexibility index (Phi) is 3.85. The van der Waals surface area contributed by atoms with Gasteiger partial charge in [-0.25, -0.2) is 14.5 Å². The van der Waals surface area contributed by atoms with Gasteiger partial charge in [-0.2, -0.15) is 5.10 Å². The van der Waals surface area contributed by atoms with Crippen molar-refractivity contribution in [3.8, 4) is 0 Å². The van der Waals surface area contributed by atoms with Crippen LogP contribution in [-0.4, -0.2) is 40.2 Å². The summed E-state index contributed by atoms with van der Waals surface area (Å²) in [6.07, 6.45) is 1.44. The molecule has 2 atom stereocenters. The van der Waals surface area contributed by atoms with Crippen LogP contribution >= 0.6 is 0 Å². The molecule has 0 spiro atoms. The molecule has 1 aromatic rings. The van der Waals surface area contributed by atoms with Gasteiger partial charge in [0.1, 0.15) is 11.6 Å². The summed E-state index contributed by atoms with van der Waals surface area (Å²) < 4.78 is 0. The third-order valence-corrected chi connectivity index (χ3v) is 3.68. The van der Waals surface area contributed by atoms with E-state index < -0.39 is 29.5 Å². The van der Waals surface area contributed by atoms with Gasteiger partial charge in [0.25, 0.3) is 5.91 Å². The third kappa shape index (κ3) is 2.39. The predicted octanol–water partition coefficient (Wildman–Crippen LogP) is 0.219. The number of rotatable bonds is 4. The van der Waals surface area contributed by atoms with Crippen LogP contribution in [0.15, 0.2) is 29.4 Å². The van der Waals surface area contributed by atoms with Gasteiger partial charge in [0.2, 0.25) is 0 Å². The predicted molar refractivity (Wildman–Crippen MR) is 78.1 cm³/mol. The molecule has 1 aliphatic heterocycles. The van der Waals surface area contributed by atoms with Crippen LogP contribution in [0.2, 0.25) is 0 Å². The van der Waals surface area contributed by atoms with E-state index in [1.165, 1.54) is 20.1 Å². The highest BCUT2D eigenvalue weighted by Crippen LogP contribution is 2.30. The number of carboxylic acids is 1. The lowest BCUT2D eigenvalue weighted by Gasteiger charge is -2.23. The molecular weight excluding hydrogens is 288 g/mol. The van der Waals surface area contributed by atoms with Crippen molar-refractivity contribution < 1.29 is 19.5 Å². The van der Waals surface area contributed by atoms with Crippen LogP contribution in [0.3, 0.4) is 0 Å². The Morgan fingerprint density at radius 1 is 1.41 bits per heavy atom. The van der Waals surface area contributed by atoms with Crippen LogP contribution in [0.5, 0.6) is 0 Å². The van der Waals surface area contributed by atoms with E-state index in [1.807, 2.05) is 0 Å². The highest BCUT2D eigenvalue weighted by molar-refractivity contribution is 6.09. The molecule has 0 unspecified atom stereocenters.